The third kappa shape index (κ3) is 4.64. The molecule has 0 aliphatic carbocycles. The van der Waals surface area contributed by atoms with Gasteiger partial charge < -0.3 is 30.9 Å². The number of rotatable bonds is 6. The Morgan fingerprint density at radius 1 is 0.840 bits per heavy atom. The molecular formula is C17H12N2O6-2. The van der Waals surface area contributed by atoms with E-state index in [2.05, 4.69) is 5.32 Å². The van der Waals surface area contributed by atoms with Crippen LogP contribution in [0.5, 0.6) is 0 Å². The molecule has 0 atom stereocenters. The number of carboxylic acids is 2. The normalized spacial score (nSPS) is 10.1. The van der Waals surface area contributed by atoms with E-state index in [9.17, 15) is 29.4 Å². The summed E-state index contributed by atoms with van der Waals surface area (Å²) in [6.45, 7) is 0. The van der Waals surface area contributed by atoms with Gasteiger partial charge in [0.1, 0.15) is 0 Å². The van der Waals surface area contributed by atoms with E-state index in [0.717, 1.165) is 18.2 Å². The van der Waals surface area contributed by atoms with Crippen LogP contribution in [0.15, 0.2) is 42.5 Å². The third-order valence-corrected chi connectivity index (χ3v) is 3.24. The molecule has 3 N–H and O–H groups in total. The van der Waals surface area contributed by atoms with E-state index in [-0.39, 0.29) is 11.3 Å². The fourth-order valence-corrected chi connectivity index (χ4v) is 2.06. The Balaban J connectivity index is 2.14. The van der Waals surface area contributed by atoms with Gasteiger partial charge >= 0.3 is 0 Å². The highest BCUT2D eigenvalue weighted by Crippen LogP contribution is 2.16. The number of carboxylic acid groups (broad SMARTS) is 2. The average Bonchev–Trinajstić information content (AvgIpc) is 2.54. The number of nitrogens with one attached hydrogen (secondary N) is 1. The van der Waals surface area contributed by atoms with Crippen LogP contribution in [-0.2, 0) is 4.79 Å². The molecule has 25 heavy (non-hydrogen) atoms. The van der Waals surface area contributed by atoms with Crippen molar-refractivity contribution in [3.8, 4) is 0 Å². The topological polar surface area (TPSA) is 152 Å². The number of nitrogen functional groups attached to an aromatic ring is 1. The first kappa shape index (κ1) is 17.7. The molecule has 0 aliphatic rings. The molecule has 2 aromatic rings. The molecule has 1 amide bonds. The number of ketones is 1. The number of aromatic carboxylic acids is 2. The van der Waals surface area contributed by atoms with E-state index in [1.54, 1.807) is 0 Å². The average molecular weight is 340 g/mol. The first-order valence-corrected chi connectivity index (χ1v) is 7.02. The molecule has 0 saturated heterocycles. The van der Waals surface area contributed by atoms with Crippen LogP contribution in [0.4, 0.5) is 11.4 Å². The fraction of sp³-hybridized carbons (Fsp3) is 0.0588. The zero-order valence-corrected chi connectivity index (χ0v) is 12.8. The smallest absolute Gasteiger partial charge is 0.232 e. The predicted octanol–water partition coefficient (Wildman–Crippen LogP) is -0.793. The van der Waals surface area contributed by atoms with Crippen LogP contribution in [0.1, 0.15) is 37.5 Å². The lowest BCUT2D eigenvalue weighted by molar-refractivity contribution is -0.255. The molecule has 0 radical (unpaired) electrons. The highest BCUT2D eigenvalue weighted by molar-refractivity contribution is 6.11. The van der Waals surface area contributed by atoms with Crippen molar-refractivity contribution < 1.29 is 29.4 Å². The Morgan fingerprint density at radius 2 is 1.36 bits per heavy atom. The van der Waals surface area contributed by atoms with Gasteiger partial charge in [-0.1, -0.05) is 0 Å². The summed E-state index contributed by atoms with van der Waals surface area (Å²) >= 11 is 0. The monoisotopic (exact) mass is 340 g/mol. The summed E-state index contributed by atoms with van der Waals surface area (Å²) in [5.41, 5.74) is 5.27. The van der Waals surface area contributed by atoms with Crippen molar-refractivity contribution in [1.82, 2.24) is 0 Å². The Bertz CT molecular complexity index is 826. The van der Waals surface area contributed by atoms with Gasteiger partial charge in [0.05, 0.1) is 18.4 Å². The van der Waals surface area contributed by atoms with Crippen molar-refractivity contribution in [3.63, 3.8) is 0 Å². The van der Waals surface area contributed by atoms with Crippen LogP contribution < -0.4 is 21.3 Å². The molecular weight excluding hydrogens is 328 g/mol. The summed E-state index contributed by atoms with van der Waals surface area (Å²) in [5.74, 6) is -4.44. The van der Waals surface area contributed by atoms with Crippen molar-refractivity contribution in [1.29, 1.82) is 0 Å². The van der Waals surface area contributed by atoms with Crippen molar-refractivity contribution >= 4 is 35.0 Å². The minimum Gasteiger partial charge on any atom is -0.545 e. The summed E-state index contributed by atoms with van der Waals surface area (Å²) in [6.07, 6.45) is -0.514. The van der Waals surface area contributed by atoms with Gasteiger partial charge in [-0.05, 0) is 53.6 Å². The van der Waals surface area contributed by atoms with E-state index in [1.807, 2.05) is 0 Å². The second-order valence-corrected chi connectivity index (χ2v) is 5.14. The van der Waals surface area contributed by atoms with Crippen LogP contribution in [0.3, 0.4) is 0 Å². The fourth-order valence-electron chi connectivity index (χ4n) is 2.06. The third-order valence-electron chi connectivity index (χ3n) is 3.24. The maximum atomic E-state index is 12.0. The summed E-state index contributed by atoms with van der Waals surface area (Å²) < 4.78 is 0. The maximum Gasteiger partial charge on any atom is 0.232 e. The van der Waals surface area contributed by atoms with E-state index in [0.29, 0.717) is 5.69 Å². The molecule has 0 bridgehead atoms. The lowest BCUT2D eigenvalue weighted by Crippen LogP contribution is -2.26. The molecule has 0 spiro atoms. The number of carbonyl (C=O) groups excluding carboxylic acids is 4. The van der Waals surface area contributed by atoms with Gasteiger partial charge in [0.2, 0.25) is 5.91 Å². The number of anilines is 2. The molecule has 2 aromatic carbocycles. The molecule has 0 saturated carbocycles. The van der Waals surface area contributed by atoms with Crippen LogP contribution in [0.25, 0.3) is 0 Å². The maximum absolute atomic E-state index is 12.0. The molecule has 8 heteroatoms. The molecule has 128 valence electrons. The van der Waals surface area contributed by atoms with Gasteiger partial charge in [0.15, 0.2) is 5.78 Å². The zero-order chi connectivity index (χ0) is 18.6. The molecule has 0 unspecified atom stereocenters. The Hall–Kier alpha value is -3.68. The largest absolute Gasteiger partial charge is 0.545 e. The van der Waals surface area contributed by atoms with Crippen LogP contribution in [0, 0.1) is 0 Å². The minimum absolute atomic E-state index is 0.101. The molecule has 2 rings (SSSR count). The number of nitrogens with two attached hydrogens (primary N) is 1. The second kappa shape index (κ2) is 7.26. The SMILES string of the molecule is Nc1ccc(C(=O)CC(=O)Nc2cc(C(=O)[O-])cc(C(=O)[O-])c2)cc1. The lowest BCUT2D eigenvalue weighted by atomic mass is 10.1. The summed E-state index contributed by atoms with van der Waals surface area (Å²) in [6, 6.07) is 8.85. The standard InChI is InChI=1S/C17H14N2O6/c18-12-3-1-9(2-4-12)14(20)8-15(21)19-13-6-10(16(22)23)5-11(7-13)17(24)25/h1-7H,8,18H2,(H,19,21)(H,22,23)(H,24,25)/p-2. The van der Waals surface area contributed by atoms with Gasteiger partial charge in [0, 0.05) is 16.9 Å². The molecule has 8 nitrogen and oxygen atoms in total. The first-order chi connectivity index (χ1) is 11.8. The van der Waals surface area contributed by atoms with Crippen LogP contribution in [-0.4, -0.2) is 23.6 Å². The zero-order valence-electron chi connectivity index (χ0n) is 12.8. The van der Waals surface area contributed by atoms with Crippen LogP contribution in [0.2, 0.25) is 0 Å². The first-order valence-electron chi connectivity index (χ1n) is 7.02. The Morgan fingerprint density at radius 3 is 1.84 bits per heavy atom. The van der Waals surface area contributed by atoms with E-state index in [4.69, 9.17) is 5.73 Å². The summed E-state index contributed by atoms with van der Waals surface area (Å²) in [5, 5.41) is 24.1. The number of hydrogen-bond acceptors (Lipinski definition) is 7. The van der Waals surface area contributed by atoms with Crippen molar-refractivity contribution in [2.75, 3.05) is 11.1 Å². The summed E-state index contributed by atoms with van der Waals surface area (Å²) in [4.78, 5) is 45.7. The number of hydrogen-bond donors (Lipinski definition) is 2. The Labute approximate surface area is 141 Å². The highest BCUT2D eigenvalue weighted by atomic mass is 16.4. The number of Topliss-reactive ketones (excluding diaryl/α,β-unsaturated/α-hetero) is 1. The highest BCUT2D eigenvalue weighted by Gasteiger charge is 2.13. The van der Waals surface area contributed by atoms with Gasteiger partial charge in [-0.25, -0.2) is 0 Å². The molecule has 0 aliphatic heterocycles. The van der Waals surface area contributed by atoms with E-state index < -0.39 is 41.2 Å². The van der Waals surface area contributed by atoms with Gasteiger partial charge in [0.25, 0.3) is 0 Å². The molecule has 0 fully saturated rings. The molecule has 0 aromatic heterocycles. The van der Waals surface area contributed by atoms with Gasteiger partial charge in [-0.3, -0.25) is 9.59 Å². The minimum atomic E-state index is -1.61. The van der Waals surface area contributed by atoms with Gasteiger partial charge in [-0.2, -0.15) is 0 Å². The number of carbonyl (C=O) groups is 4. The van der Waals surface area contributed by atoms with Crippen molar-refractivity contribution in [3.05, 3.63) is 59.2 Å². The second-order valence-electron chi connectivity index (χ2n) is 5.14. The van der Waals surface area contributed by atoms with Crippen molar-refractivity contribution in [2.24, 2.45) is 0 Å². The van der Waals surface area contributed by atoms with Gasteiger partial charge in [-0.15, -0.1) is 0 Å². The van der Waals surface area contributed by atoms with E-state index in [1.165, 1.54) is 24.3 Å². The van der Waals surface area contributed by atoms with Crippen molar-refractivity contribution in [2.45, 2.75) is 6.42 Å². The number of amides is 1. The van der Waals surface area contributed by atoms with Crippen LogP contribution >= 0.6 is 0 Å². The Kier molecular flexibility index (Phi) is 5.13. The predicted molar refractivity (Wildman–Crippen MR) is 83.5 cm³/mol. The number of benzene rings is 2. The van der Waals surface area contributed by atoms with E-state index >= 15 is 0 Å². The molecule has 0 heterocycles. The lowest BCUT2D eigenvalue weighted by Gasteiger charge is -2.12. The summed E-state index contributed by atoms with van der Waals surface area (Å²) in [7, 11) is 0. The quantitative estimate of drug-likeness (QED) is 0.397.